The largest absolute Gasteiger partial charge is 0.469 e. The summed E-state index contributed by atoms with van der Waals surface area (Å²) in [6.07, 6.45) is 3.35. The van der Waals surface area contributed by atoms with Crippen LogP contribution in [0, 0.1) is 5.92 Å². The molecule has 0 bridgehead atoms. The Kier molecular flexibility index (Phi) is 7.33. The third kappa shape index (κ3) is 6.59. The minimum atomic E-state index is -0.488. The lowest BCUT2D eigenvalue weighted by atomic mass is 9.97. The summed E-state index contributed by atoms with van der Waals surface area (Å²) in [5.74, 6) is 0.648. The van der Waals surface area contributed by atoms with E-state index in [0.29, 0.717) is 19.1 Å². The maximum absolute atomic E-state index is 12.4. The first-order chi connectivity index (χ1) is 12.7. The maximum Gasteiger partial charge on any atom is 0.410 e. The fraction of sp³-hybridized carbons (Fsp3) is 0.842. The molecular weight excluding hydrogens is 348 g/mol. The Bertz CT molecular complexity index is 546. The third-order valence-electron chi connectivity index (χ3n) is 4.79. The van der Waals surface area contributed by atoms with Crippen LogP contribution in [0.1, 0.15) is 46.5 Å². The fourth-order valence-electron chi connectivity index (χ4n) is 3.24. The molecule has 154 valence electrons. The molecule has 0 radical (unpaired) electrons. The summed E-state index contributed by atoms with van der Waals surface area (Å²) in [6, 6.07) is 0.291. The second-order valence-electron chi connectivity index (χ2n) is 8.16. The van der Waals surface area contributed by atoms with Crippen LogP contribution in [0.15, 0.2) is 4.99 Å². The summed E-state index contributed by atoms with van der Waals surface area (Å²) in [7, 11) is 3.19. The van der Waals surface area contributed by atoms with E-state index in [1.54, 1.807) is 7.05 Å². The van der Waals surface area contributed by atoms with E-state index >= 15 is 0 Å². The second kappa shape index (κ2) is 9.28. The lowest BCUT2D eigenvalue weighted by Crippen LogP contribution is -2.49. The Morgan fingerprint density at radius 1 is 1.19 bits per heavy atom. The summed E-state index contributed by atoms with van der Waals surface area (Å²) in [4.78, 5) is 32.4. The van der Waals surface area contributed by atoms with Gasteiger partial charge in [-0.3, -0.25) is 9.79 Å². The number of piperidine rings is 1. The van der Waals surface area contributed by atoms with Gasteiger partial charge in [-0.1, -0.05) is 0 Å². The monoisotopic (exact) mass is 382 g/mol. The van der Waals surface area contributed by atoms with Gasteiger partial charge in [0, 0.05) is 39.3 Å². The van der Waals surface area contributed by atoms with Gasteiger partial charge in [-0.25, -0.2) is 4.79 Å². The van der Waals surface area contributed by atoms with Crippen LogP contribution in [0.5, 0.6) is 0 Å². The van der Waals surface area contributed by atoms with Crippen LogP contribution in [0.2, 0.25) is 0 Å². The van der Waals surface area contributed by atoms with Crippen LogP contribution in [0.25, 0.3) is 0 Å². The third-order valence-corrected chi connectivity index (χ3v) is 4.79. The van der Waals surface area contributed by atoms with Crippen molar-refractivity contribution < 1.29 is 19.1 Å². The van der Waals surface area contributed by atoms with Gasteiger partial charge < -0.3 is 24.6 Å². The number of nitrogens with one attached hydrogen (secondary N) is 1. The first kappa shape index (κ1) is 21.3. The Labute approximate surface area is 162 Å². The fourth-order valence-corrected chi connectivity index (χ4v) is 3.24. The highest BCUT2D eigenvalue weighted by Crippen LogP contribution is 2.28. The summed E-state index contributed by atoms with van der Waals surface area (Å²) in [5.41, 5.74) is -0.488. The molecule has 1 N–H and O–H groups in total. The molecule has 0 spiro atoms. The average molecular weight is 383 g/mol. The molecule has 1 amide bonds. The van der Waals surface area contributed by atoms with Crippen molar-refractivity contribution in [2.24, 2.45) is 10.9 Å². The van der Waals surface area contributed by atoms with Crippen molar-refractivity contribution in [1.82, 2.24) is 15.1 Å². The van der Waals surface area contributed by atoms with Gasteiger partial charge in [-0.15, -0.1) is 0 Å². The zero-order valence-electron chi connectivity index (χ0n) is 17.3. The molecule has 0 aromatic rings. The van der Waals surface area contributed by atoms with E-state index in [-0.39, 0.29) is 18.0 Å². The molecule has 0 atom stereocenters. The van der Waals surface area contributed by atoms with Gasteiger partial charge in [-0.05, 0) is 46.5 Å². The molecule has 1 saturated carbocycles. The van der Waals surface area contributed by atoms with E-state index in [1.165, 1.54) is 7.11 Å². The molecule has 0 unspecified atom stereocenters. The van der Waals surface area contributed by atoms with E-state index in [4.69, 9.17) is 9.47 Å². The zero-order valence-corrected chi connectivity index (χ0v) is 17.3. The number of likely N-dealkylation sites (tertiary alicyclic amines) is 1. The number of aliphatic imine (C=N–C) groups is 1. The highest BCUT2D eigenvalue weighted by Gasteiger charge is 2.35. The topological polar surface area (TPSA) is 83.5 Å². The zero-order chi connectivity index (χ0) is 20.0. The van der Waals surface area contributed by atoms with Gasteiger partial charge in [0.05, 0.1) is 13.0 Å². The normalized spacial score (nSPS) is 18.9. The highest BCUT2D eigenvalue weighted by atomic mass is 16.6. The molecule has 0 aromatic carbocycles. The van der Waals surface area contributed by atoms with Gasteiger partial charge >= 0.3 is 12.1 Å². The van der Waals surface area contributed by atoms with E-state index in [0.717, 1.165) is 44.7 Å². The summed E-state index contributed by atoms with van der Waals surface area (Å²) < 4.78 is 10.4. The lowest BCUT2D eigenvalue weighted by Gasteiger charge is -2.33. The smallest absolute Gasteiger partial charge is 0.410 e. The highest BCUT2D eigenvalue weighted by molar-refractivity contribution is 5.80. The Morgan fingerprint density at radius 2 is 1.81 bits per heavy atom. The Hall–Kier alpha value is -1.99. The van der Waals surface area contributed by atoms with E-state index in [2.05, 4.69) is 15.2 Å². The van der Waals surface area contributed by atoms with Crippen LogP contribution < -0.4 is 5.32 Å². The molecule has 8 heteroatoms. The number of ether oxygens (including phenoxy) is 2. The van der Waals surface area contributed by atoms with Crippen LogP contribution >= 0.6 is 0 Å². The minimum Gasteiger partial charge on any atom is -0.469 e. The van der Waals surface area contributed by atoms with Gasteiger partial charge in [0.2, 0.25) is 0 Å². The molecule has 2 aliphatic rings. The van der Waals surface area contributed by atoms with Crippen molar-refractivity contribution in [3.63, 3.8) is 0 Å². The van der Waals surface area contributed by atoms with Crippen LogP contribution in [0.3, 0.4) is 0 Å². The Balaban J connectivity index is 1.80. The Morgan fingerprint density at radius 3 is 2.30 bits per heavy atom. The van der Waals surface area contributed by atoms with Gasteiger partial charge in [0.25, 0.3) is 0 Å². The number of amides is 1. The number of carbonyl (C=O) groups is 2. The van der Waals surface area contributed by atoms with Crippen molar-refractivity contribution in [3.05, 3.63) is 0 Å². The predicted octanol–water partition coefficient (Wildman–Crippen LogP) is 1.85. The number of methoxy groups -OCH3 is 1. The average Bonchev–Trinajstić information content (AvgIpc) is 3.45. The molecule has 27 heavy (non-hydrogen) atoms. The quantitative estimate of drug-likeness (QED) is 0.444. The summed E-state index contributed by atoms with van der Waals surface area (Å²) in [6.45, 7) is 8.36. The van der Waals surface area contributed by atoms with Gasteiger partial charge in [0.1, 0.15) is 5.60 Å². The number of carbonyl (C=O) groups excluding carboxylic acids is 2. The van der Waals surface area contributed by atoms with Gasteiger partial charge in [-0.2, -0.15) is 0 Å². The van der Waals surface area contributed by atoms with Crippen molar-refractivity contribution in [2.75, 3.05) is 40.3 Å². The second-order valence-corrected chi connectivity index (χ2v) is 8.16. The first-order valence-corrected chi connectivity index (χ1v) is 9.78. The maximum atomic E-state index is 12.4. The number of hydrogen-bond acceptors (Lipinski definition) is 5. The van der Waals surface area contributed by atoms with Crippen molar-refractivity contribution in [1.29, 1.82) is 0 Å². The SMILES string of the molecule is CN=C(NCCN(C(=O)OC(C)(C)C)C1CC1)N1CCC(C(=O)OC)CC1. The van der Waals surface area contributed by atoms with Crippen LogP contribution in [0.4, 0.5) is 4.79 Å². The molecule has 1 heterocycles. The van der Waals surface area contributed by atoms with Crippen LogP contribution in [-0.2, 0) is 14.3 Å². The molecule has 8 nitrogen and oxygen atoms in total. The molecule has 1 aliphatic carbocycles. The van der Waals surface area contributed by atoms with Crippen molar-refractivity contribution >= 4 is 18.0 Å². The first-order valence-electron chi connectivity index (χ1n) is 9.78. The van der Waals surface area contributed by atoms with E-state index in [1.807, 2.05) is 25.7 Å². The molecule has 1 aliphatic heterocycles. The predicted molar refractivity (Wildman–Crippen MR) is 104 cm³/mol. The number of esters is 1. The number of hydrogen-bond donors (Lipinski definition) is 1. The number of rotatable bonds is 5. The molecular formula is C19H34N4O4. The van der Waals surface area contributed by atoms with Crippen molar-refractivity contribution in [2.45, 2.75) is 58.1 Å². The summed E-state index contributed by atoms with van der Waals surface area (Å²) in [5, 5.41) is 3.34. The van der Waals surface area contributed by atoms with Gasteiger partial charge in [0.15, 0.2) is 5.96 Å². The molecule has 0 aromatic heterocycles. The number of nitrogens with zero attached hydrogens (tertiary/aromatic N) is 3. The molecule has 2 rings (SSSR count). The van der Waals surface area contributed by atoms with Crippen LogP contribution in [-0.4, -0.2) is 79.8 Å². The minimum absolute atomic E-state index is 0.0260. The molecule has 1 saturated heterocycles. The molecule has 2 fully saturated rings. The van der Waals surface area contributed by atoms with E-state index < -0.39 is 5.60 Å². The number of guanidine groups is 1. The van der Waals surface area contributed by atoms with Crippen molar-refractivity contribution in [3.8, 4) is 0 Å². The lowest BCUT2D eigenvalue weighted by molar-refractivity contribution is -0.146. The van der Waals surface area contributed by atoms with E-state index in [9.17, 15) is 9.59 Å². The standard InChI is InChI=1S/C19H34N4O4/c1-19(2,3)27-18(25)23(15-6-7-15)13-10-21-17(20-4)22-11-8-14(9-12-22)16(24)26-5/h14-15H,6-13H2,1-5H3,(H,20,21). The summed E-state index contributed by atoms with van der Waals surface area (Å²) >= 11 is 0.